The fourth-order valence-electron chi connectivity index (χ4n) is 1.60. The lowest BCUT2D eigenvalue weighted by Gasteiger charge is -2.10. The van der Waals surface area contributed by atoms with Crippen molar-refractivity contribution in [1.82, 2.24) is 5.32 Å². The summed E-state index contributed by atoms with van der Waals surface area (Å²) < 4.78 is 22.5. The number of benzene rings is 1. The number of rotatable bonds is 6. The highest BCUT2D eigenvalue weighted by Gasteiger charge is 2.11. The number of carbonyl (C=O) groups excluding carboxylic acids is 1. The summed E-state index contributed by atoms with van der Waals surface area (Å²) in [7, 11) is -3.25. The third-order valence-electron chi connectivity index (χ3n) is 2.66. The number of sulfone groups is 1. The molecule has 0 aliphatic heterocycles. The van der Waals surface area contributed by atoms with E-state index in [1.165, 1.54) is 24.3 Å². The average Bonchev–Trinajstić information content (AvgIpc) is 2.35. The van der Waals surface area contributed by atoms with Gasteiger partial charge in [-0.3, -0.25) is 4.79 Å². The van der Waals surface area contributed by atoms with E-state index < -0.39 is 15.9 Å². The molecule has 0 aliphatic rings. The third-order valence-corrected chi connectivity index (χ3v) is 3.79. The highest BCUT2D eigenvalue weighted by Crippen LogP contribution is 2.10. The van der Waals surface area contributed by atoms with Crippen LogP contribution in [0.4, 0.5) is 0 Å². The summed E-state index contributed by atoms with van der Waals surface area (Å²) in [6.07, 6.45) is 2.04. The first kappa shape index (κ1) is 15.7. The van der Waals surface area contributed by atoms with E-state index in [2.05, 4.69) is 5.32 Å². The molecule has 0 aromatic heterocycles. The van der Waals surface area contributed by atoms with Crippen molar-refractivity contribution in [3.05, 3.63) is 29.8 Å². The number of aliphatic hydroxyl groups is 1. The van der Waals surface area contributed by atoms with Crippen molar-refractivity contribution < 1.29 is 18.3 Å². The summed E-state index contributed by atoms with van der Waals surface area (Å²) in [6.45, 7) is 2.15. The normalized spacial score (nSPS) is 13.0. The van der Waals surface area contributed by atoms with E-state index in [0.29, 0.717) is 12.0 Å². The summed E-state index contributed by atoms with van der Waals surface area (Å²) >= 11 is 0. The van der Waals surface area contributed by atoms with Crippen LogP contribution in [0.3, 0.4) is 0 Å². The first-order chi connectivity index (χ1) is 8.84. The van der Waals surface area contributed by atoms with Crippen LogP contribution in [0.25, 0.3) is 0 Å². The molecular formula is C13H19NO4S. The number of hydrogen-bond donors (Lipinski definition) is 2. The molecule has 106 valence electrons. The van der Waals surface area contributed by atoms with Gasteiger partial charge in [0.25, 0.3) is 5.91 Å². The molecule has 0 heterocycles. The van der Waals surface area contributed by atoms with Gasteiger partial charge in [0.15, 0.2) is 9.84 Å². The molecule has 0 spiro atoms. The van der Waals surface area contributed by atoms with Gasteiger partial charge < -0.3 is 10.4 Å². The molecule has 0 aliphatic carbocycles. The molecule has 2 N–H and O–H groups in total. The third kappa shape index (κ3) is 5.00. The lowest BCUT2D eigenvalue weighted by atomic mass is 10.2. The van der Waals surface area contributed by atoms with E-state index in [9.17, 15) is 18.3 Å². The Hall–Kier alpha value is -1.40. The quantitative estimate of drug-likeness (QED) is 0.816. The molecule has 0 fully saturated rings. The number of amides is 1. The van der Waals surface area contributed by atoms with Gasteiger partial charge in [0.1, 0.15) is 0 Å². The predicted molar refractivity (Wildman–Crippen MR) is 72.8 cm³/mol. The van der Waals surface area contributed by atoms with Crippen LogP contribution in [-0.4, -0.2) is 38.3 Å². The van der Waals surface area contributed by atoms with Gasteiger partial charge in [0, 0.05) is 18.4 Å². The Labute approximate surface area is 113 Å². The molecule has 5 nitrogen and oxygen atoms in total. The van der Waals surface area contributed by atoms with Crippen LogP contribution in [0.15, 0.2) is 29.2 Å². The van der Waals surface area contributed by atoms with Gasteiger partial charge in [-0.25, -0.2) is 8.42 Å². The van der Waals surface area contributed by atoms with Gasteiger partial charge in [-0.2, -0.15) is 0 Å². The standard InChI is InChI=1S/C13H19NO4S/c1-3-4-11(15)9-14-13(16)10-5-7-12(8-6-10)19(2,17)18/h5-8,11,15H,3-4,9H2,1-2H3,(H,14,16). The SMILES string of the molecule is CCCC(O)CNC(=O)c1ccc(S(C)(=O)=O)cc1. The molecule has 1 amide bonds. The topological polar surface area (TPSA) is 83.5 Å². The molecule has 0 saturated carbocycles. The minimum absolute atomic E-state index is 0.176. The molecule has 1 aromatic carbocycles. The molecule has 1 unspecified atom stereocenters. The number of nitrogens with one attached hydrogen (secondary N) is 1. The van der Waals surface area contributed by atoms with Crippen molar-refractivity contribution >= 4 is 15.7 Å². The van der Waals surface area contributed by atoms with Gasteiger partial charge in [-0.15, -0.1) is 0 Å². The van der Waals surface area contributed by atoms with Crippen molar-refractivity contribution in [2.45, 2.75) is 30.8 Å². The smallest absolute Gasteiger partial charge is 0.251 e. The van der Waals surface area contributed by atoms with Crippen molar-refractivity contribution in [2.75, 3.05) is 12.8 Å². The first-order valence-electron chi connectivity index (χ1n) is 6.11. The van der Waals surface area contributed by atoms with Gasteiger partial charge in [0.2, 0.25) is 0 Å². The second-order valence-electron chi connectivity index (χ2n) is 4.45. The summed E-state index contributed by atoms with van der Waals surface area (Å²) in [5, 5.41) is 12.1. The lowest BCUT2D eigenvalue weighted by molar-refractivity contribution is 0.0910. The van der Waals surface area contributed by atoms with Crippen molar-refractivity contribution in [2.24, 2.45) is 0 Å². The zero-order chi connectivity index (χ0) is 14.5. The van der Waals surface area contributed by atoms with Gasteiger partial charge in [-0.05, 0) is 30.7 Å². The van der Waals surface area contributed by atoms with E-state index in [1.54, 1.807) is 0 Å². The lowest BCUT2D eigenvalue weighted by Crippen LogP contribution is -2.31. The molecule has 0 saturated heterocycles. The molecule has 0 bridgehead atoms. The van der Waals surface area contributed by atoms with Crippen LogP contribution in [-0.2, 0) is 9.84 Å². The zero-order valence-electron chi connectivity index (χ0n) is 11.1. The van der Waals surface area contributed by atoms with Crippen LogP contribution < -0.4 is 5.32 Å². The average molecular weight is 285 g/mol. The maximum Gasteiger partial charge on any atom is 0.251 e. The van der Waals surface area contributed by atoms with Crippen LogP contribution >= 0.6 is 0 Å². The molecule has 1 rings (SSSR count). The highest BCUT2D eigenvalue weighted by molar-refractivity contribution is 7.90. The van der Waals surface area contributed by atoms with E-state index >= 15 is 0 Å². The molecular weight excluding hydrogens is 266 g/mol. The highest BCUT2D eigenvalue weighted by atomic mass is 32.2. The van der Waals surface area contributed by atoms with E-state index in [0.717, 1.165) is 12.7 Å². The number of aliphatic hydroxyl groups excluding tert-OH is 1. The maximum atomic E-state index is 11.7. The number of hydrogen-bond acceptors (Lipinski definition) is 4. The molecule has 1 aromatic rings. The molecule has 6 heteroatoms. The van der Waals surface area contributed by atoms with E-state index in [4.69, 9.17) is 0 Å². The fourth-order valence-corrected chi connectivity index (χ4v) is 2.23. The Balaban J connectivity index is 2.64. The minimum Gasteiger partial charge on any atom is -0.391 e. The predicted octanol–water partition coefficient (Wildman–Crippen LogP) is 0.981. The summed E-state index contributed by atoms with van der Waals surface area (Å²) in [6, 6.07) is 5.70. The van der Waals surface area contributed by atoms with Crippen molar-refractivity contribution in [3.8, 4) is 0 Å². The maximum absolute atomic E-state index is 11.7. The number of carbonyl (C=O) groups is 1. The Morgan fingerprint density at radius 1 is 1.32 bits per heavy atom. The largest absolute Gasteiger partial charge is 0.391 e. The van der Waals surface area contributed by atoms with E-state index in [1.807, 2.05) is 6.92 Å². The zero-order valence-corrected chi connectivity index (χ0v) is 11.9. The van der Waals surface area contributed by atoms with E-state index in [-0.39, 0.29) is 17.3 Å². The Morgan fingerprint density at radius 2 is 1.89 bits per heavy atom. The molecule has 1 atom stereocenters. The van der Waals surface area contributed by atoms with Gasteiger partial charge in [-0.1, -0.05) is 13.3 Å². The van der Waals surface area contributed by atoms with Gasteiger partial charge >= 0.3 is 0 Å². The van der Waals surface area contributed by atoms with Crippen molar-refractivity contribution in [3.63, 3.8) is 0 Å². The van der Waals surface area contributed by atoms with Gasteiger partial charge in [0.05, 0.1) is 11.0 Å². The Morgan fingerprint density at radius 3 is 2.37 bits per heavy atom. The Kier molecular flexibility index (Phi) is 5.50. The van der Waals surface area contributed by atoms with Crippen LogP contribution in [0.1, 0.15) is 30.1 Å². The second-order valence-corrected chi connectivity index (χ2v) is 6.46. The first-order valence-corrected chi connectivity index (χ1v) is 8.00. The monoisotopic (exact) mass is 285 g/mol. The van der Waals surface area contributed by atoms with Crippen LogP contribution in [0.5, 0.6) is 0 Å². The fraction of sp³-hybridized carbons (Fsp3) is 0.462. The van der Waals surface area contributed by atoms with Crippen molar-refractivity contribution in [1.29, 1.82) is 0 Å². The minimum atomic E-state index is -3.25. The Bertz CT molecular complexity index is 522. The van der Waals surface area contributed by atoms with Crippen LogP contribution in [0.2, 0.25) is 0 Å². The second kappa shape index (κ2) is 6.68. The molecule has 19 heavy (non-hydrogen) atoms. The summed E-state index contributed by atoms with van der Waals surface area (Å²) in [5.74, 6) is -0.324. The summed E-state index contributed by atoms with van der Waals surface area (Å²) in [4.78, 5) is 11.9. The molecule has 0 radical (unpaired) electrons. The van der Waals surface area contributed by atoms with Crippen LogP contribution in [0, 0.1) is 0 Å². The summed E-state index contributed by atoms with van der Waals surface area (Å²) in [5.41, 5.74) is 0.371.